The van der Waals surface area contributed by atoms with Crippen LogP contribution >= 0.6 is 15.9 Å². The first-order valence-electron chi connectivity index (χ1n) is 5.71. The van der Waals surface area contributed by atoms with Crippen molar-refractivity contribution in [2.45, 2.75) is 25.9 Å². The van der Waals surface area contributed by atoms with Gasteiger partial charge in [-0.3, -0.25) is 9.88 Å². The van der Waals surface area contributed by atoms with E-state index in [0.29, 0.717) is 12.0 Å². The summed E-state index contributed by atoms with van der Waals surface area (Å²) in [7, 11) is 0. The maximum absolute atomic E-state index is 6.03. The quantitative estimate of drug-likeness (QED) is 0.903. The zero-order chi connectivity index (χ0) is 11.5. The number of hydrogen-bond donors (Lipinski definition) is 1. The van der Waals surface area contributed by atoms with Gasteiger partial charge in [0.15, 0.2) is 0 Å². The van der Waals surface area contributed by atoms with Crippen LogP contribution in [0.4, 0.5) is 0 Å². The second-order valence-corrected chi connectivity index (χ2v) is 5.72. The first kappa shape index (κ1) is 12.0. The molecule has 3 nitrogen and oxygen atoms in total. The van der Waals surface area contributed by atoms with Crippen molar-refractivity contribution in [2.24, 2.45) is 11.7 Å². The molecule has 1 aromatic heterocycles. The highest BCUT2D eigenvalue weighted by atomic mass is 79.9. The van der Waals surface area contributed by atoms with E-state index in [2.05, 4.69) is 38.8 Å². The van der Waals surface area contributed by atoms with Crippen LogP contribution in [0.1, 0.15) is 18.9 Å². The van der Waals surface area contributed by atoms with Crippen LogP contribution < -0.4 is 5.73 Å². The van der Waals surface area contributed by atoms with E-state index in [4.69, 9.17) is 5.73 Å². The monoisotopic (exact) mass is 283 g/mol. The Morgan fingerprint density at radius 3 is 3.00 bits per heavy atom. The van der Waals surface area contributed by atoms with E-state index < -0.39 is 0 Å². The fourth-order valence-corrected chi connectivity index (χ4v) is 2.85. The molecule has 2 unspecified atom stereocenters. The molecule has 2 rings (SSSR count). The maximum Gasteiger partial charge on any atom is 0.0410 e. The molecule has 0 saturated carbocycles. The fourth-order valence-electron chi connectivity index (χ4n) is 2.44. The van der Waals surface area contributed by atoms with Gasteiger partial charge in [-0.05, 0) is 39.9 Å². The number of piperidine rings is 1. The average molecular weight is 284 g/mol. The van der Waals surface area contributed by atoms with Crippen LogP contribution in [0.15, 0.2) is 22.9 Å². The molecule has 4 heteroatoms. The van der Waals surface area contributed by atoms with Gasteiger partial charge in [0.1, 0.15) is 0 Å². The first-order valence-corrected chi connectivity index (χ1v) is 6.50. The summed E-state index contributed by atoms with van der Waals surface area (Å²) < 4.78 is 1.04. The smallest absolute Gasteiger partial charge is 0.0410 e. The third-order valence-corrected chi connectivity index (χ3v) is 3.37. The Kier molecular flexibility index (Phi) is 3.95. The molecule has 1 fully saturated rings. The lowest BCUT2D eigenvalue weighted by atomic mass is 9.96. The minimum absolute atomic E-state index is 0.323. The number of likely N-dealkylation sites (tertiary alicyclic amines) is 1. The van der Waals surface area contributed by atoms with E-state index in [1.165, 1.54) is 5.56 Å². The molecule has 16 heavy (non-hydrogen) atoms. The van der Waals surface area contributed by atoms with E-state index in [1.807, 2.05) is 12.4 Å². The zero-order valence-electron chi connectivity index (χ0n) is 9.56. The van der Waals surface area contributed by atoms with E-state index in [0.717, 1.165) is 30.5 Å². The molecule has 0 aliphatic carbocycles. The summed E-state index contributed by atoms with van der Waals surface area (Å²) in [4.78, 5) is 6.60. The van der Waals surface area contributed by atoms with Gasteiger partial charge in [0, 0.05) is 42.5 Å². The highest BCUT2D eigenvalue weighted by Gasteiger charge is 2.21. The number of halogens is 1. The topological polar surface area (TPSA) is 42.1 Å². The summed E-state index contributed by atoms with van der Waals surface area (Å²) in [6, 6.07) is 2.45. The Morgan fingerprint density at radius 2 is 2.31 bits per heavy atom. The van der Waals surface area contributed by atoms with Crippen LogP contribution in [-0.2, 0) is 6.54 Å². The van der Waals surface area contributed by atoms with Crippen LogP contribution in [0.3, 0.4) is 0 Å². The lowest BCUT2D eigenvalue weighted by molar-refractivity contribution is 0.158. The number of aromatic nitrogens is 1. The van der Waals surface area contributed by atoms with Gasteiger partial charge in [0.2, 0.25) is 0 Å². The summed E-state index contributed by atoms with van der Waals surface area (Å²) in [6.45, 7) is 5.35. The van der Waals surface area contributed by atoms with Crippen LogP contribution in [0, 0.1) is 5.92 Å². The SMILES string of the molecule is CC1CC(N)CN(Cc2cncc(Br)c2)C1. The summed E-state index contributed by atoms with van der Waals surface area (Å²) in [5, 5.41) is 0. The lowest BCUT2D eigenvalue weighted by Crippen LogP contribution is -2.45. The molecular weight excluding hydrogens is 266 g/mol. The second-order valence-electron chi connectivity index (χ2n) is 4.81. The van der Waals surface area contributed by atoms with Gasteiger partial charge in [0.05, 0.1) is 0 Å². The first-order chi connectivity index (χ1) is 7.63. The fraction of sp³-hybridized carbons (Fsp3) is 0.583. The third kappa shape index (κ3) is 3.27. The Balaban J connectivity index is 1.98. The molecule has 2 atom stereocenters. The predicted molar refractivity (Wildman–Crippen MR) is 69.0 cm³/mol. The van der Waals surface area contributed by atoms with Gasteiger partial charge in [0.25, 0.3) is 0 Å². The Hall–Kier alpha value is -0.450. The summed E-state index contributed by atoms with van der Waals surface area (Å²) in [6.07, 6.45) is 4.89. The number of hydrogen-bond acceptors (Lipinski definition) is 3. The minimum Gasteiger partial charge on any atom is -0.327 e. The molecule has 1 aliphatic rings. The van der Waals surface area contributed by atoms with Crippen molar-refractivity contribution in [2.75, 3.05) is 13.1 Å². The number of nitrogens with two attached hydrogens (primary N) is 1. The molecular formula is C12H18BrN3. The minimum atomic E-state index is 0.323. The molecule has 88 valence electrons. The average Bonchev–Trinajstić information content (AvgIpc) is 2.15. The van der Waals surface area contributed by atoms with Crippen molar-refractivity contribution in [3.63, 3.8) is 0 Å². The van der Waals surface area contributed by atoms with Crippen LogP contribution in [0.2, 0.25) is 0 Å². The van der Waals surface area contributed by atoms with Crippen LogP contribution in [0.5, 0.6) is 0 Å². The van der Waals surface area contributed by atoms with Gasteiger partial charge in [-0.1, -0.05) is 6.92 Å². The van der Waals surface area contributed by atoms with Gasteiger partial charge >= 0.3 is 0 Å². The molecule has 1 saturated heterocycles. The highest BCUT2D eigenvalue weighted by Crippen LogP contribution is 2.18. The Bertz CT molecular complexity index is 346. The van der Waals surface area contributed by atoms with Gasteiger partial charge in [-0.15, -0.1) is 0 Å². The Morgan fingerprint density at radius 1 is 1.50 bits per heavy atom. The van der Waals surface area contributed by atoms with Crippen LogP contribution in [0.25, 0.3) is 0 Å². The van der Waals surface area contributed by atoms with Gasteiger partial charge in [-0.25, -0.2) is 0 Å². The predicted octanol–water partition coefficient (Wildman–Crippen LogP) is 2.01. The van der Waals surface area contributed by atoms with Crippen molar-refractivity contribution in [1.82, 2.24) is 9.88 Å². The number of nitrogens with zero attached hydrogens (tertiary/aromatic N) is 2. The van der Waals surface area contributed by atoms with E-state index >= 15 is 0 Å². The zero-order valence-corrected chi connectivity index (χ0v) is 11.2. The lowest BCUT2D eigenvalue weighted by Gasteiger charge is -2.34. The number of rotatable bonds is 2. The molecule has 1 aromatic rings. The van der Waals surface area contributed by atoms with E-state index in [1.54, 1.807) is 0 Å². The summed E-state index contributed by atoms with van der Waals surface area (Å²) >= 11 is 3.44. The van der Waals surface area contributed by atoms with Crippen LogP contribution in [-0.4, -0.2) is 29.0 Å². The third-order valence-electron chi connectivity index (χ3n) is 2.94. The van der Waals surface area contributed by atoms with Crippen molar-refractivity contribution >= 4 is 15.9 Å². The molecule has 2 heterocycles. The van der Waals surface area contributed by atoms with Gasteiger partial charge in [-0.2, -0.15) is 0 Å². The summed E-state index contributed by atoms with van der Waals surface area (Å²) in [5.74, 6) is 0.698. The molecule has 0 bridgehead atoms. The maximum atomic E-state index is 6.03. The molecule has 0 amide bonds. The molecule has 0 spiro atoms. The second kappa shape index (κ2) is 5.25. The molecule has 0 radical (unpaired) electrons. The molecule has 1 aliphatic heterocycles. The van der Waals surface area contributed by atoms with E-state index in [9.17, 15) is 0 Å². The van der Waals surface area contributed by atoms with Crippen molar-refractivity contribution < 1.29 is 0 Å². The van der Waals surface area contributed by atoms with Crippen molar-refractivity contribution in [3.8, 4) is 0 Å². The standard InChI is InChI=1S/C12H18BrN3/c1-9-2-12(14)8-16(6-9)7-10-3-11(13)5-15-4-10/h3-5,9,12H,2,6-8,14H2,1H3. The van der Waals surface area contributed by atoms with Crippen molar-refractivity contribution in [1.29, 1.82) is 0 Å². The van der Waals surface area contributed by atoms with E-state index in [-0.39, 0.29) is 0 Å². The highest BCUT2D eigenvalue weighted by molar-refractivity contribution is 9.10. The molecule has 0 aromatic carbocycles. The molecule has 2 N–H and O–H groups in total. The Labute approximate surface area is 105 Å². The summed E-state index contributed by atoms with van der Waals surface area (Å²) in [5.41, 5.74) is 7.28. The normalized spacial score (nSPS) is 26.9. The number of pyridine rings is 1. The largest absolute Gasteiger partial charge is 0.327 e. The van der Waals surface area contributed by atoms with Crippen molar-refractivity contribution in [3.05, 3.63) is 28.5 Å². The van der Waals surface area contributed by atoms with Gasteiger partial charge < -0.3 is 5.73 Å².